The fraction of sp³-hybridized carbons (Fsp3) is 0.286. The van der Waals surface area contributed by atoms with Gasteiger partial charge < -0.3 is 11.1 Å². The van der Waals surface area contributed by atoms with E-state index in [1.54, 1.807) is 20.1 Å². The number of nitrogens with zero attached hydrogens (tertiary/aromatic N) is 1. The smallest absolute Gasteiger partial charge is 0.137 e. The molecule has 0 bridgehead atoms. The number of nitrogens with one attached hydrogen (secondary N) is 3. The Bertz CT molecular complexity index is 238. The summed E-state index contributed by atoms with van der Waals surface area (Å²) in [7, 11) is 0. The maximum atomic E-state index is 7.12. The van der Waals surface area contributed by atoms with Gasteiger partial charge in [-0.3, -0.25) is 10.8 Å². The first-order chi connectivity index (χ1) is 5.63. The molecule has 0 aliphatic rings. The molecule has 0 unspecified atom stereocenters. The molecule has 0 radical (unpaired) electrons. The summed E-state index contributed by atoms with van der Waals surface area (Å²) in [4.78, 5) is 3.91. The van der Waals surface area contributed by atoms with Crippen molar-refractivity contribution < 1.29 is 0 Å². The summed E-state index contributed by atoms with van der Waals surface area (Å²) in [6.07, 6.45) is 2.56. The Kier molecular flexibility index (Phi) is 4.36. The van der Waals surface area contributed by atoms with Crippen LogP contribution in [0.2, 0.25) is 0 Å². The molecular weight excluding hydrogens is 154 g/mol. The van der Waals surface area contributed by atoms with Crippen LogP contribution in [0.5, 0.6) is 0 Å². The Balaban J connectivity index is 4.78. The van der Waals surface area contributed by atoms with Crippen molar-refractivity contribution >= 4 is 18.4 Å². The van der Waals surface area contributed by atoms with Crippen LogP contribution in [0.15, 0.2) is 16.4 Å². The largest absolute Gasteiger partial charge is 0.384 e. The zero-order valence-electron chi connectivity index (χ0n) is 7.18. The molecule has 0 atom stereocenters. The maximum absolute atomic E-state index is 7.12. The highest BCUT2D eigenvalue weighted by Crippen LogP contribution is 1.99. The van der Waals surface area contributed by atoms with Crippen molar-refractivity contribution in [1.29, 1.82) is 10.8 Å². The summed E-state index contributed by atoms with van der Waals surface area (Å²) in [5, 5.41) is 16.5. The van der Waals surface area contributed by atoms with E-state index in [-0.39, 0.29) is 5.84 Å². The van der Waals surface area contributed by atoms with Crippen LogP contribution in [-0.4, -0.2) is 18.4 Å². The van der Waals surface area contributed by atoms with Crippen LogP contribution in [0, 0.1) is 10.8 Å². The van der Waals surface area contributed by atoms with Crippen molar-refractivity contribution in [1.82, 2.24) is 5.32 Å². The molecule has 0 aromatic carbocycles. The van der Waals surface area contributed by atoms with E-state index in [1.165, 1.54) is 0 Å². The van der Waals surface area contributed by atoms with Crippen molar-refractivity contribution in [3.8, 4) is 0 Å². The Labute approximate surface area is 71.4 Å². The fourth-order valence-electron chi connectivity index (χ4n) is 0.567. The predicted molar refractivity (Wildman–Crippen MR) is 50.7 cm³/mol. The van der Waals surface area contributed by atoms with Crippen molar-refractivity contribution in [3.63, 3.8) is 0 Å². The van der Waals surface area contributed by atoms with Crippen LogP contribution in [0.1, 0.15) is 13.8 Å². The van der Waals surface area contributed by atoms with E-state index in [0.29, 0.717) is 11.4 Å². The van der Waals surface area contributed by atoms with Gasteiger partial charge in [-0.1, -0.05) is 0 Å². The van der Waals surface area contributed by atoms with Crippen molar-refractivity contribution in [2.75, 3.05) is 0 Å². The van der Waals surface area contributed by atoms with Gasteiger partial charge in [0, 0.05) is 11.8 Å². The predicted octanol–water partition coefficient (Wildman–Crippen LogP) is 0.441. The molecule has 0 aliphatic carbocycles. The molecule has 0 rings (SSSR count). The van der Waals surface area contributed by atoms with Gasteiger partial charge in [0.25, 0.3) is 0 Å². The molecule has 0 amide bonds. The lowest BCUT2D eigenvalue weighted by molar-refractivity contribution is 1.06. The highest BCUT2D eigenvalue weighted by atomic mass is 15.0. The van der Waals surface area contributed by atoms with Gasteiger partial charge in [-0.2, -0.15) is 0 Å². The van der Waals surface area contributed by atoms with Gasteiger partial charge in [-0.05, 0) is 13.8 Å². The SMILES string of the molecule is CC=N/C(NC=N)=C(/C)C(=N)N. The summed E-state index contributed by atoms with van der Waals surface area (Å²) >= 11 is 0. The molecule has 12 heavy (non-hydrogen) atoms. The molecule has 0 heterocycles. The second kappa shape index (κ2) is 5.06. The number of hydrogen-bond donors (Lipinski definition) is 4. The standard InChI is InChI=1S/C7H13N5/c1-3-11-7(12-4-8)5(2)6(9)10/h3-4H,1-2H3,(H2,8,12)(H3,9,10)/b7-5+,11-3?. The summed E-state index contributed by atoms with van der Waals surface area (Å²) < 4.78 is 0. The van der Waals surface area contributed by atoms with Crippen molar-refractivity contribution in [2.45, 2.75) is 13.8 Å². The van der Waals surface area contributed by atoms with E-state index in [9.17, 15) is 0 Å². The molecule has 0 aliphatic heterocycles. The average Bonchev–Trinajstić information content (AvgIpc) is 2.03. The number of rotatable bonds is 4. The summed E-state index contributed by atoms with van der Waals surface area (Å²) in [6.45, 7) is 3.42. The first-order valence-electron chi connectivity index (χ1n) is 3.43. The Morgan fingerprint density at radius 2 is 2.17 bits per heavy atom. The first-order valence-corrected chi connectivity index (χ1v) is 3.43. The third-order valence-electron chi connectivity index (χ3n) is 1.23. The normalized spacial score (nSPS) is 12.5. The number of aliphatic imine (C=N–C) groups is 1. The molecule has 5 heteroatoms. The molecular formula is C7H13N5. The van der Waals surface area contributed by atoms with E-state index in [2.05, 4.69) is 10.3 Å². The third kappa shape index (κ3) is 2.96. The molecule has 0 aromatic heterocycles. The molecule has 0 spiro atoms. The van der Waals surface area contributed by atoms with Crippen LogP contribution in [0.3, 0.4) is 0 Å². The zero-order chi connectivity index (χ0) is 9.56. The fourth-order valence-corrected chi connectivity index (χ4v) is 0.567. The van der Waals surface area contributed by atoms with E-state index >= 15 is 0 Å². The van der Waals surface area contributed by atoms with Gasteiger partial charge in [0.05, 0.1) is 6.34 Å². The van der Waals surface area contributed by atoms with E-state index < -0.39 is 0 Å². The molecule has 66 valence electrons. The monoisotopic (exact) mass is 167 g/mol. The molecule has 0 aromatic rings. The number of nitrogens with two attached hydrogens (primary N) is 1. The Morgan fingerprint density at radius 3 is 2.50 bits per heavy atom. The van der Waals surface area contributed by atoms with Gasteiger partial charge in [0.15, 0.2) is 0 Å². The molecule has 0 saturated carbocycles. The van der Waals surface area contributed by atoms with Crippen molar-refractivity contribution in [3.05, 3.63) is 11.4 Å². The lowest BCUT2D eigenvalue weighted by atomic mass is 10.3. The topological polar surface area (TPSA) is 98.1 Å². The molecule has 5 nitrogen and oxygen atoms in total. The van der Waals surface area contributed by atoms with E-state index in [0.717, 1.165) is 6.34 Å². The summed E-state index contributed by atoms with van der Waals surface area (Å²) in [5.74, 6) is 0.380. The van der Waals surface area contributed by atoms with E-state index in [4.69, 9.17) is 16.6 Å². The van der Waals surface area contributed by atoms with Crippen molar-refractivity contribution in [2.24, 2.45) is 10.7 Å². The van der Waals surface area contributed by atoms with Crippen LogP contribution in [-0.2, 0) is 0 Å². The van der Waals surface area contributed by atoms with Gasteiger partial charge in [0.2, 0.25) is 0 Å². The molecule has 0 fully saturated rings. The van der Waals surface area contributed by atoms with Gasteiger partial charge >= 0.3 is 0 Å². The van der Waals surface area contributed by atoms with Gasteiger partial charge in [0.1, 0.15) is 11.7 Å². The van der Waals surface area contributed by atoms with E-state index in [1.807, 2.05) is 0 Å². The summed E-state index contributed by atoms with van der Waals surface area (Å²) in [6, 6.07) is 0. The lowest BCUT2D eigenvalue weighted by Gasteiger charge is -2.04. The Hall–Kier alpha value is -1.65. The summed E-state index contributed by atoms with van der Waals surface area (Å²) in [5.41, 5.74) is 5.76. The quantitative estimate of drug-likeness (QED) is 0.361. The maximum Gasteiger partial charge on any atom is 0.137 e. The molecule has 0 saturated heterocycles. The molecule has 5 N–H and O–H groups in total. The first kappa shape index (κ1) is 10.3. The second-order valence-corrected chi connectivity index (χ2v) is 2.06. The minimum Gasteiger partial charge on any atom is -0.384 e. The second-order valence-electron chi connectivity index (χ2n) is 2.06. The van der Waals surface area contributed by atoms with Crippen LogP contribution < -0.4 is 11.1 Å². The number of amidine groups is 1. The number of hydrogen-bond acceptors (Lipinski definition) is 3. The third-order valence-corrected chi connectivity index (χ3v) is 1.23. The van der Waals surface area contributed by atoms with Crippen LogP contribution in [0.25, 0.3) is 0 Å². The highest BCUT2D eigenvalue weighted by molar-refractivity contribution is 5.94. The lowest BCUT2D eigenvalue weighted by Crippen LogP contribution is -2.18. The van der Waals surface area contributed by atoms with Gasteiger partial charge in [-0.15, -0.1) is 0 Å². The van der Waals surface area contributed by atoms with Gasteiger partial charge in [-0.25, -0.2) is 4.99 Å². The minimum atomic E-state index is -0.0510. The Morgan fingerprint density at radius 1 is 1.58 bits per heavy atom. The highest BCUT2D eigenvalue weighted by Gasteiger charge is 2.00. The van der Waals surface area contributed by atoms with Crippen LogP contribution in [0.4, 0.5) is 0 Å². The average molecular weight is 167 g/mol. The minimum absolute atomic E-state index is 0.0510. The van der Waals surface area contributed by atoms with Crippen LogP contribution >= 0.6 is 0 Å². The zero-order valence-corrected chi connectivity index (χ0v) is 7.18.